The number of nitrogens with zero attached hydrogens (tertiary/aromatic N) is 1. The maximum atomic E-state index is 12.8. The maximum Gasteiger partial charge on any atom is 0.248 e. The van der Waals surface area contributed by atoms with Gasteiger partial charge in [0.1, 0.15) is 11.8 Å². The van der Waals surface area contributed by atoms with Crippen LogP contribution < -0.4 is 10.2 Å². The van der Waals surface area contributed by atoms with Crippen LogP contribution in [0, 0.1) is 0 Å². The molecule has 0 aromatic heterocycles. The fraction of sp³-hybridized carbons (Fsp3) is 0.235. The van der Waals surface area contributed by atoms with Crippen molar-refractivity contribution in [3.8, 4) is 5.75 Å². The molecule has 4 nitrogen and oxygen atoms in total. The molecule has 2 aromatic rings. The molecule has 1 atom stereocenters. The Bertz CT molecular complexity index is 669. The minimum Gasteiger partial charge on any atom is -0.508 e. The van der Waals surface area contributed by atoms with Gasteiger partial charge in [-0.3, -0.25) is 4.79 Å². The number of carbonyl (C=O) groups is 1. The lowest BCUT2D eigenvalue weighted by Gasteiger charge is -2.29. The van der Waals surface area contributed by atoms with Crippen LogP contribution >= 0.6 is 0 Å². The molecule has 0 radical (unpaired) electrons. The Kier molecular flexibility index (Phi) is 3.62. The molecule has 0 saturated carbocycles. The number of likely N-dealkylation sites (N-methyl/N-ethyl adjacent to an activating group) is 1. The van der Waals surface area contributed by atoms with E-state index in [1.165, 1.54) is 5.56 Å². The van der Waals surface area contributed by atoms with E-state index < -0.39 is 0 Å². The van der Waals surface area contributed by atoms with Crippen molar-refractivity contribution >= 4 is 11.6 Å². The van der Waals surface area contributed by atoms with Crippen LogP contribution in [0.1, 0.15) is 17.2 Å². The van der Waals surface area contributed by atoms with Crippen LogP contribution in [0.2, 0.25) is 0 Å². The third kappa shape index (κ3) is 2.62. The van der Waals surface area contributed by atoms with Crippen molar-refractivity contribution in [2.45, 2.75) is 12.5 Å². The first-order valence-electron chi connectivity index (χ1n) is 7.04. The topological polar surface area (TPSA) is 52.6 Å². The van der Waals surface area contributed by atoms with E-state index in [1.54, 1.807) is 30.1 Å². The summed E-state index contributed by atoms with van der Waals surface area (Å²) in [7, 11) is 1.73. The predicted octanol–water partition coefficient (Wildman–Crippen LogP) is 2.24. The molecule has 2 aromatic carbocycles. The maximum absolute atomic E-state index is 12.8. The number of hydrogen-bond acceptors (Lipinski definition) is 3. The van der Waals surface area contributed by atoms with Crippen LogP contribution in [0.5, 0.6) is 5.75 Å². The smallest absolute Gasteiger partial charge is 0.248 e. The van der Waals surface area contributed by atoms with Gasteiger partial charge >= 0.3 is 0 Å². The average molecular weight is 282 g/mol. The molecule has 2 N–H and O–H groups in total. The van der Waals surface area contributed by atoms with Crippen LogP contribution in [0.4, 0.5) is 5.69 Å². The lowest BCUT2D eigenvalue weighted by Crippen LogP contribution is -2.42. The summed E-state index contributed by atoms with van der Waals surface area (Å²) in [4.78, 5) is 14.3. The van der Waals surface area contributed by atoms with Crippen LogP contribution in [-0.4, -0.2) is 24.6 Å². The number of amides is 1. The second-order valence-corrected chi connectivity index (χ2v) is 5.25. The van der Waals surface area contributed by atoms with E-state index in [-0.39, 0.29) is 17.7 Å². The highest BCUT2D eigenvalue weighted by atomic mass is 16.3. The summed E-state index contributed by atoms with van der Waals surface area (Å²) in [6.45, 7) is 0.793. The van der Waals surface area contributed by atoms with Crippen LogP contribution in [-0.2, 0) is 11.2 Å². The Morgan fingerprint density at radius 2 is 2.05 bits per heavy atom. The van der Waals surface area contributed by atoms with Crippen LogP contribution in [0.3, 0.4) is 0 Å². The Labute approximate surface area is 124 Å². The Morgan fingerprint density at radius 3 is 2.86 bits per heavy atom. The highest BCUT2D eigenvalue weighted by Crippen LogP contribution is 2.27. The van der Waals surface area contributed by atoms with Gasteiger partial charge in [-0.1, -0.05) is 30.3 Å². The van der Waals surface area contributed by atoms with Crippen LogP contribution in [0.15, 0.2) is 48.5 Å². The molecule has 0 spiro atoms. The van der Waals surface area contributed by atoms with Crippen molar-refractivity contribution in [2.24, 2.45) is 0 Å². The van der Waals surface area contributed by atoms with Gasteiger partial charge in [-0.05, 0) is 29.7 Å². The zero-order valence-electron chi connectivity index (χ0n) is 11.9. The molecule has 1 amide bonds. The first-order chi connectivity index (χ1) is 10.2. The Morgan fingerprint density at radius 1 is 1.24 bits per heavy atom. The highest BCUT2D eigenvalue weighted by Gasteiger charge is 2.28. The SMILES string of the molecule is CN(C(=O)C1NCCc2ccccc21)c1cccc(O)c1. The number of hydrogen-bond donors (Lipinski definition) is 2. The van der Waals surface area contributed by atoms with Crippen molar-refractivity contribution in [2.75, 3.05) is 18.5 Å². The fourth-order valence-electron chi connectivity index (χ4n) is 2.75. The minimum atomic E-state index is -0.331. The lowest BCUT2D eigenvalue weighted by atomic mass is 9.93. The largest absolute Gasteiger partial charge is 0.508 e. The fourth-order valence-corrected chi connectivity index (χ4v) is 2.75. The van der Waals surface area contributed by atoms with Crippen molar-refractivity contribution in [3.05, 3.63) is 59.7 Å². The summed E-state index contributed by atoms with van der Waals surface area (Å²) >= 11 is 0. The molecule has 0 saturated heterocycles. The number of carbonyl (C=O) groups excluding carboxylic acids is 1. The molecule has 0 aliphatic carbocycles. The molecule has 4 heteroatoms. The van der Waals surface area contributed by atoms with E-state index in [1.807, 2.05) is 24.3 Å². The normalized spacial score (nSPS) is 17.1. The molecule has 0 fully saturated rings. The molecular formula is C17H18N2O2. The lowest BCUT2D eigenvalue weighted by molar-refractivity contribution is -0.120. The number of phenolic OH excluding ortho intramolecular Hbond substituents is 1. The van der Waals surface area contributed by atoms with Gasteiger partial charge in [0.15, 0.2) is 0 Å². The van der Waals surface area contributed by atoms with Gasteiger partial charge in [-0.2, -0.15) is 0 Å². The Balaban J connectivity index is 1.89. The van der Waals surface area contributed by atoms with Gasteiger partial charge in [0.05, 0.1) is 0 Å². The first kappa shape index (κ1) is 13.6. The molecule has 1 aliphatic heterocycles. The number of benzene rings is 2. The van der Waals surface area contributed by atoms with E-state index in [0.29, 0.717) is 5.69 Å². The number of rotatable bonds is 2. The van der Waals surface area contributed by atoms with Crippen molar-refractivity contribution in [1.82, 2.24) is 5.32 Å². The molecule has 1 heterocycles. The summed E-state index contributed by atoms with van der Waals surface area (Å²) in [5.41, 5.74) is 2.95. The van der Waals surface area contributed by atoms with E-state index in [4.69, 9.17) is 0 Å². The zero-order chi connectivity index (χ0) is 14.8. The molecule has 21 heavy (non-hydrogen) atoms. The average Bonchev–Trinajstić information content (AvgIpc) is 2.53. The summed E-state index contributed by atoms with van der Waals surface area (Å²) in [5, 5.41) is 12.8. The third-order valence-corrected chi connectivity index (χ3v) is 3.90. The number of aromatic hydroxyl groups is 1. The molecule has 1 aliphatic rings. The number of fused-ring (bicyclic) bond motifs is 1. The van der Waals surface area contributed by atoms with Crippen molar-refractivity contribution in [1.29, 1.82) is 0 Å². The summed E-state index contributed by atoms with van der Waals surface area (Å²) < 4.78 is 0. The van der Waals surface area contributed by atoms with Crippen molar-refractivity contribution < 1.29 is 9.90 Å². The quantitative estimate of drug-likeness (QED) is 0.888. The van der Waals surface area contributed by atoms with E-state index >= 15 is 0 Å². The Hall–Kier alpha value is -2.33. The van der Waals surface area contributed by atoms with Gasteiger partial charge in [0.2, 0.25) is 5.91 Å². The first-order valence-corrected chi connectivity index (χ1v) is 7.04. The molecule has 1 unspecified atom stereocenters. The number of nitrogens with one attached hydrogen (secondary N) is 1. The van der Waals surface area contributed by atoms with Gasteiger partial charge in [0.25, 0.3) is 0 Å². The third-order valence-electron chi connectivity index (χ3n) is 3.90. The zero-order valence-corrected chi connectivity index (χ0v) is 11.9. The number of anilines is 1. The second kappa shape index (κ2) is 5.58. The van der Waals surface area contributed by atoms with E-state index in [2.05, 4.69) is 11.4 Å². The van der Waals surface area contributed by atoms with Gasteiger partial charge < -0.3 is 15.3 Å². The standard InChI is InChI=1S/C17H18N2O2/c1-19(13-6-4-7-14(20)11-13)17(21)16-15-8-3-2-5-12(15)9-10-18-16/h2-8,11,16,18,20H,9-10H2,1H3. The van der Waals surface area contributed by atoms with E-state index in [9.17, 15) is 9.90 Å². The molecule has 108 valence electrons. The van der Waals surface area contributed by atoms with Crippen molar-refractivity contribution in [3.63, 3.8) is 0 Å². The molecule has 0 bridgehead atoms. The predicted molar refractivity (Wildman–Crippen MR) is 82.4 cm³/mol. The van der Waals surface area contributed by atoms with Gasteiger partial charge in [0, 0.05) is 25.3 Å². The summed E-state index contributed by atoms with van der Waals surface area (Å²) in [5.74, 6) is 0.136. The summed E-state index contributed by atoms with van der Waals surface area (Å²) in [6.07, 6.45) is 0.940. The molecule has 3 rings (SSSR count). The minimum absolute atomic E-state index is 0.0206. The highest BCUT2D eigenvalue weighted by molar-refractivity contribution is 5.97. The van der Waals surface area contributed by atoms with Gasteiger partial charge in [-0.15, -0.1) is 0 Å². The van der Waals surface area contributed by atoms with Crippen LogP contribution in [0.25, 0.3) is 0 Å². The second-order valence-electron chi connectivity index (χ2n) is 5.25. The number of phenols is 1. The van der Waals surface area contributed by atoms with Gasteiger partial charge in [-0.25, -0.2) is 0 Å². The summed E-state index contributed by atoms with van der Waals surface area (Å²) in [6, 6.07) is 14.4. The van der Waals surface area contributed by atoms with E-state index in [0.717, 1.165) is 18.5 Å². The molecular weight excluding hydrogens is 264 g/mol. The monoisotopic (exact) mass is 282 g/mol.